The Morgan fingerprint density at radius 1 is 0.949 bits per heavy atom. The number of rotatable bonds is 10. The topological polar surface area (TPSA) is 148 Å². The van der Waals surface area contributed by atoms with Crippen molar-refractivity contribution in [3.8, 4) is 11.3 Å². The number of methoxy groups -OCH3 is 2. The van der Waals surface area contributed by atoms with Crippen LogP contribution in [0.1, 0.15) is 26.3 Å². The van der Waals surface area contributed by atoms with E-state index in [9.17, 15) is 24.3 Å². The summed E-state index contributed by atoms with van der Waals surface area (Å²) in [7, 11) is 2.57. The predicted octanol–water partition coefficient (Wildman–Crippen LogP) is 2.80. The normalized spacial score (nSPS) is 11.4. The van der Waals surface area contributed by atoms with Gasteiger partial charge in [-0.05, 0) is 29.8 Å². The van der Waals surface area contributed by atoms with Crippen molar-refractivity contribution in [1.29, 1.82) is 0 Å². The van der Waals surface area contributed by atoms with Crippen molar-refractivity contribution in [2.45, 2.75) is 12.5 Å². The maximum absolute atomic E-state index is 13.0. The Balaban J connectivity index is 1.66. The standard InChI is InChI=1S/C28H26N4O7/c1-38-23(33)16-29-25-24(18-8-10-19(11-9-18)28(37)39-2)31-22-15-20(12-13-32(22)25)26(34)30-21(27(35)36)14-17-6-4-3-5-7-17/h3-13,15,21,29H,14,16H2,1-2H3,(H,30,34)(H,35,36). The van der Waals surface area contributed by atoms with Crippen LogP contribution in [0.3, 0.4) is 0 Å². The molecule has 0 aliphatic carbocycles. The Bertz CT molecular complexity index is 1510. The minimum Gasteiger partial charge on any atom is -0.480 e. The number of ether oxygens (including phenoxy) is 2. The van der Waals surface area contributed by atoms with E-state index in [0.29, 0.717) is 28.3 Å². The number of aromatic nitrogens is 2. The third-order valence-corrected chi connectivity index (χ3v) is 5.98. The first-order chi connectivity index (χ1) is 18.8. The van der Waals surface area contributed by atoms with Crippen molar-refractivity contribution in [2.75, 3.05) is 26.1 Å². The number of fused-ring (bicyclic) bond motifs is 1. The lowest BCUT2D eigenvalue weighted by Gasteiger charge is -2.15. The summed E-state index contributed by atoms with van der Waals surface area (Å²) in [6.45, 7) is -0.139. The van der Waals surface area contributed by atoms with Crippen LogP contribution in [-0.2, 0) is 25.5 Å². The highest BCUT2D eigenvalue weighted by molar-refractivity contribution is 5.98. The van der Waals surface area contributed by atoms with E-state index >= 15 is 0 Å². The van der Waals surface area contributed by atoms with E-state index in [1.54, 1.807) is 59.1 Å². The van der Waals surface area contributed by atoms with Gasteiger partial charge in [-0.25, -0.2) is 14.6 Å². The van der Waals surface area contributed by atoms with Crippen molar-refractivity contribution in [1.82, 2.24) is 14.7 Å². The van der Waals surface area contributed by atoms with Gasteiger partial charge in [0.2, 0.25) is 0 Å². The number of carbonyl (C=O) groups excluding carboxylic acids is 3. The molecule has 1 amide bonds. The summed E-state index contributed by atoms with van der Waals surface area (Å²) in [4.78, 5) is 53.1. The monoisotopic (exact) mass is 530 g/mol. The fraction of sp³-hybridized carbons (Fsp3) is 0.179. The van der Waals surface area contributed by atoms with Crippen LogP contribution in [0, 0.1) is 0 Å². The van der Waals surface area contributed by atoms with Gasteiger partial charge >= 0.3 is 17.9 Å². The molecule has 0 saturated carbocycles. The van der Waals surface area contributed by atoms with E-state index in [1.165, 1.54) is 26.4 Å². The molecule has 3 N–H and O–H groups in total. The van der Waals surface area contributed by atoms with Gasteiger partial charge in [0.05, 0.1) is 19.8 Å². The first kappa shape index (κ1) is 26.9. The molecule has 0 aliphatic heterocycles. The summed E-state index contributed by atoms with van der Waals surface area (Å²) in [5, 5.41) is 15.2. The van der Waals surface area contributed by atoms with Crippen molar-refractivity contribution >= 4 is 35.3 Å². The first-order valence-electron chi connectivity index (χ1n) is 11.9. The van der Waals surface area contributed by atoms with Crippen LogP contribution in [0.25, 0.3) is 16.9 Å². The number of carboxylic acid groups (broad SMARTS) is 1. The highest BCUT2D eigenvalue weighted by atomic mass is 16.5. The average molecular weight is 531 g/mol. The number of hydrogen-bond acceptors (Lipinski definition) is 8. The van der Waals surface area contributed by atoms with Gasteiger partial charge in [-0.3, -0.25) is 14.0 Å². The number of nitrogens with zero attached hydrogens (tertiary/aromatic N) is 2. The van der Waals surface area contributed by atoms with Crippen molar-refractivity contribution in [2.24, 2.45) is 0 Å². The Morgan fingerprint density at radius 2 is 1.67 bits per heavy atom. The van der Waals surface area contributed by atoms with Crippen molar-refractivity contribution in [3.05, 3.63) is 89.6 Å². The summed E-state index contributed by atoms with van der Waals surface area (Å²) in [6, 6.07) is 17.5. The molecule has 4 aromatic rings. The SMILES string of the molecule is COC(=O)CNc1c(-c2ccc(C(=O)OC)cc2)nc2cc(C(=O)NC(Cc3ccccc3)C(=O)O)ccn12. The summed E-state index contributed by atoms with van der Waals surface area (Å²) in [5.41, 5.74) is 2.81. The average Bonchev–Trinajstić information content (AvgIpc) is 3.33. The van der Waals surface area contributed by atoms with Gasteiger partial charge in [0.25, 0.3) is 5.91 Å². The van der Waals surface area contributed by atoms with E-state index in [-0.39, 0.29) is 18.5 Å². The summed E-state index contributed by atoms with van der Waals surface area (Å²) in [5.74, 6) is -2.24. The molecule has 39 heavy (non-hydrogen) atoms. The molecule has 2 heterocycles. The molecular weight excluding hydrogens is 504 g/mol. The third kappa shape index (κ3) is 6.21. The zero-order chi connectivity index (χ0) is 27.9. The Hall–Kier alpha value is -5.19. The smallest absolute Gasteiger partial charge is 0.337 e. The summed E-state index contributed by atoms with van der Waals surface area (Å²) < 4.78 is 11.1. The number of aliphatic carboxylic acids is 1. The number of pyridine rings is 1. The van der Waals surface area contributed by atoms with Gasteiger partial charge in [-0.2, -0.15) is 0 Å². The minimum absolute atomic E-state index is 0.126. The molecule has 2 aromatic carbocycles. The van der Waals surface area contributed by atoms with Crippen LogP contribution in [0.2, 0.25) is 0 Å². The number of carboxylic acids is 1. The molecule has 0 aliphatic rings. The number of anilines is 1. The molecule has 0 saturated heterocycles. The lowest BCUT2D eigenvalue weighted by Crippen LogP contribution is -2.42. The molecule has 1 atom stereocenters. The minimum atomic E-state index is -1.15. The molecule has 0 fully saturated rings. The van der Waals surface area contributed by atoms with Crippen molar-refractivity contribution in [3.63, 3.8) is 0 Å². The quantitative estimate of drug-likeness (QED) is 0.263. The zero-order valence-corrected chi connectivity index (χ0v) is 21.2. The number of nitrogens with one attached hydrogen (secondary N) is 2. The van der Waals surface area contributed by atoms with Gasteiger partial charge < -0.3 is 25.2 Å². The molecule has 0 spiro atoms. The van der Waals surface area contributed by atoms with E-state index < -0.39 is 29.9 Å². The molecule has 200 valence electrons. The zero-order valence-electron chi connectivity index (χ0n) is 21.2. The van der Waals surface area contributed by atoms with E-state index in [0.717, 1.165) is 5.56 Å². The van der Waals surface area contributed by atoms with Crippen LogP contribution >= 0.6 is 0 Å². The lowest BCUT2D eigenvalue weighted by molar-refractivity contribution is -0.139. The van der Waals surface area contributed by atoms with Gasteiger partial charge in [-0.1, -0.05) is 42.5 Å². The van der Waals surface area contributed by atoms with Crippen LogP contribution in [0.5, 0.6) is 0 Å². The third-order valence-electron chi connectivity index (χ3n) is 5.98. The summed E-state index contributed by atoms with van der Waals surface area (Å²) >= 11 is 0. The fourth-order valence-corrected chi connectivity index (χ4v) is 3.96. The Labute approximate surface area is 223 Å². The van der Waals surface area contributed by atoms with Gasteiger partial charge in [0.1, 0.15) is 29.7 Å². The van der Waals surface area contributed by atoms with Crippen LogP contribution in [-0.4, -0.2) is 65.1 Å². The Morgan fingerprint density at radius 3 is 2.31 bits per heavy atom. The molecule has 2 aromatic heterocycles. The second-order valence-electron chi connectivity index (χ2n) is 8.51. The molecule has 4 rings (SSSR count). The predicted molar refractivity (Wildman–Crippen MR) is 142 cm³/mol. The van der Waals surface area contributed by atoms with Crippen LogP contribution in [0.4, 0.5) is 5.82 Å². The maximum atomic E-state index is 13.0. The first-order valence-corrected chi connectivity index (χ1v) is 11.9. The molecule has 11 heteroatoms. The number of esters is 2. The largest absolute Gasteiger partial charge is 0.480 e. The molecule has 0 radical (unpaired) electrons. The van der Waals surface area contributed by atoms with Gasteiger partial charge in [0.15, 0.2) is 0 Å². The number of hydrogen-bond donors (Lipinski definition) is 3. The second-order valence-corrected chi connectivity index (χ2v) is 8.51. The van der Waals surface area contributed by atoms with Crippen LogP contribution < -0.4 is 10.6 Å². The van der Waals surface area contributed by atoms with Crippen LogP contribution in [0.15, 0.2) is 72.9 Å². The molecule has 11 nitrogen and oxygen atoms in total. The van der Waals surface area contributed by atoms with Crippen molar-refractivity contribution < 1.29 is 33.8 Å². The van der Waals surface area contributed by atoms with Gasteiger partial charge in [-0.15, -0.1) is 0 Å². The molecular formula is C28H26N4O7. The molecule has 0 bridgehead atoms. The maximum Gasteiger partial charge on any atom is 0.337 e. The highest BCUT2D eigenvalue weighted by Gasteiger charge is 2.22. The number of benzene rings is 2. The summed E-state index contributed by atoms with van der Waals surface area (Å²) in [6.07, 6.45) is 1.72. The van der Waals surface area contributed by atoms with E-state index in [1.807, 2.05) is 6.07 Å². The second kappa shape index (κ2) is 11.9. The molecule has 1 unspecified atom stereocenters. The van der Waals surface area contributed by atoms with E-state index in [4.69, 9.17) is 9.47 Å². The fourth-order valence-electron chi connectivity index (χ4n) is 3.96. The number of carbonyl (C=O) groups is 4. The lowest BCUT2D eigenvalue weighted by atomic mass is 10.1. The number of imidazole rings is 1. The van der Waals surface area contributed by atoms with E-state index in [2.05, 4.69) is 15.6 Å². The Kier molecular flexibility index (Phi) is 8.20. The highest BCUT2D eigenvalue weighted by Crippen LogP contribution is 2.29. The van der Waals surface area contributed by atoms with Gasteiger partial charge in [0, 0.05) is 23.7 Å². The number of amides is 1.